The summed E-state index contributed by atoms with van der Waals surface area (Å²) in [6.07, 6.45) is 96.7. The number of esters is 3. The molecule has 1 atom stereocenters. The monoisotopic (exact) mass is 1140 g/mol. The second-order valence-electron chi connectivity index (χ2n) is 22.7. The van der Waals surface area contributed by atoms with Gasteiger partial charge in [0.05, 0.1) is 0 Å². The highest BCUT2D eigenvalue weighted by Crippen LogP contribution is 2.16. The molecule has 0 bridgehead atoms. The number of carbonyl (C=O) groups excluding carboxylic acids is 3. The Balaban J connectivity index is 4.32. The van der Waals surface area contributed by atoms with Gasteiger partial charge in [0.15, 0.2) is 6.10 Å². The van der Waals surface area contributed by atoms with Gasteiger partial charge in [0.25, 0.3) is 0 Å². The highest BCUT2D eigenvalue weighted by molar-refractivity contribution is 5.71. The van der Waals surface area contributed by atoms with Crippen LogP contribution in [0.1, 0.15) is 323 Å². The van der Waals surface area contributed by atoms with Gasteiger partial charge in [-0.05, 0) is 122 Å². The van der Waals surface area contributed by atoms with E-state index in [0.29, 0.717) is 19.3 Å². The minimum absolute atomic E-state index is 0.111. The molecule has 0 N–H and O–H groups in total. The molecule has 1 unspecified atom stereocenters. The molecular weight excluding hydrogens is 1010 g/mol. The highest BCUT2D eigenvalue weighted by Gasteiger charge is 2.19. The van der Waals surface area contributed by atoms with Gasteiger partial charge in [0, 0.05) is 19.3 Å². The van der Waals surface area contributed by atoms with E-state index < -0.39 is 12.1 Å². The van der Waals surface area contributed by atoms with Crippen molar-refractivity contribution in [1.29, 1.82) is 0 Å². The quantitative estimate of drug-likeness (QED) is 0.0261. The standard InChI is InChI=1S/C76H128O6/c1-4-7-10-13-16-19-22-25-28-30-32-33-34-35-36-37-38-39-40-41-42-43-45-46-48-51-54-57-60-63-66-69-75(78)81-72-73(71-80-74(77)68-65-62-59-56-53-50-27-24-21-18-15-12-9-6-3)82-76(79)70-67-64-61-58-55-52-49-47-44-31-29-26-23-20-17-14-11-8-5-2/h8,11,17,20,22,24-27,29-30,32,34-35,44,47,52,55,61,64,73H,4-7,9-10,12-16,18-19,21,23,28,31,33,36-43,45-46,48-51,53-54,56-60,62-63,65-72H2,1-3H3/b11-8-,20-17-,25-22-,27-24-,29-26-,32-30-,35-34-,47-44-,55-52-,64-61-. The van der Waals surface area contributed by atoms with Crippen molar-refractivity contribution in [2.24, 2.45) is 0 Å². The SMILES string of the molecule is CC/C=C\C/C=C\C/C=C\C/C=C\C/C=C\C/C=C\CCC(=O)OC(COC(=O)CCCCCCC/C=C\CCCCCCC)COC(=O)CCCCCCCCCCCCCCCCCC/C=C\C/C=C\C/C=C\CCCCCCC. The topological polar surface area (TPSA) is 78.9 Å². The molecule has 0 saturated carbocycles. The molecule has 0 spiro atoms. The lowest BCUT2D eigenvalue weighted by Gasteiger charge is -2.18. The van der Waals surface area contributed by atoms with Crippen LogP contribution in [0.25, 0.3) is 0 Å². The van der Waals surface area contributed by atoms with Crippen molar-refractivity contribution in [3.63, 3.8) is 0 Å². The van der Waals surface area contributed by atoms with Crippen LogP contribution >= 0.6 is 0 Å². The third-order valence-corrected chi connectivity index (χ3v) is 14.7. The molecular formula is C76H128O6. The number of rotatable bonds is 62. The Morgan fingerprint density at radius 2 is 0.500 bits per heavy atom. The predicted molar refractivity (Wildman–Crippen MR) is 357 cm³/mol. The zero-order chi connectivity index (χ0) is 59.2. The molecule has 0 aromatic rings. The maximum Gasteiger partial charge on any atom is 0.306 e. The van der Waals surface area contributed by atoms with E-state index in [0.717, 1.165) is 103 Å². The van der Waals surface area contributed by atoms with Crippen molar-refractivity contribution in [3.05, 3.63) is 122 Å². The average molecular weight is 1140 g/mol. The highest BCUT2D eigenvalue weighted by atomic mass is 16.6. The van der Waals surface area contributed by atoms with E-state index in [4.69, 9.17) is 14.2 Å². The van der Waals surface area contributed by atoms with Crippen molar-refractivity contribution < 1.29 is 28.6 Å². The molecule has 0 fully saturated rings. The minimum Gasteiger partial charge on any atom is -0.462 e. The Morgan fingerprint density at radius 3 is 0.805 bits per heavy atom. The Morgan fingerprint density at radius 1 is 0.256 bits per heavy atom. The molecule has 0 aromatic heterocycles. The lowest BCUT2D eigenvalue weighted by atomic mass is 10.0. The van der Waals surface area contributed by atoms with Gasteiger partial charge >= 0.3 is 17.9 Å². The number of unbranched alkanes of at least 4 members (excludes halogenated alkanes) is 31. The summed E-state index contributed by atoms with van der Waals surface area (Å²) in [6.45, 7) is 6.46. The normalized spacial score (nSPS) is 12.9. The van der Waals surface area contributed by atoms with Crippen LogP contribution in [0.2, 0.25) is 0 Å². The van der Waals surface area contributed by atoms with Gasteiger partial charge in [-0.3, -0.25) is 14.4 Å². The van der Waals surface area contributed by atoms with E-state index in [9.17, 15) is 14.4 Å². The molecule has 468 valence electrons. The van der Waals surface area contributed by atoms with E-state index in [1.165, 1.54) is 173 Å². The van der Waals surface area contributed by atoms with E-state index in [2.05, 4.69) is 136 Å². The van der Waals surface area contributed by atoms with Gasteiger partial charge in [-0.25, -0.2) is 0 Å². The van der Waals surface area contributed by atoms with Crippen LogP contribution in [0, 0.1) is 0 Å². The van der Waals surface area contributed by atoms with Crippen LogP contribution in [0.5, 0.6) is 0 Å². The predicted octanol–water partition coefficient (Wildman–Crippen LogP) is 23.9. The van der Waals surface area contributed by atoms with Crippen molar-refractivity contribution >= 4 is 17.9 Å². The number of allylic oxidation sites excluding steroid dienone is 20. The molecule has 0 aromatic carbocycles. The summed E-state index contributed by atoms with van der Waals surface area (Å²) in [6, 6.07) is 0. The molecule has 6 nitrogen and oxygen atoms in total. The lowest BCUT2D eigenvalue weighted by Crippen LogP contribution is -2.30. The second-order valence-corrected chi connectivity index (χ2v) is 22.7. The Kier molecular flexibility index (Phi) is 65.8. The van der Waals surface area contributed by atoms with Crippen LogP contribution in [0.15, 0.2) is 122 Å². The number of carbonyl (C=O) groups is 3. The first-order valence-corrected chi connectivity index (χ1v) is 34.5. The molecule has 82 heavy (non-hydrogen) atoms. The Hall–Kier alpha value is -4.19. The fraction of sp³-hybridized carbons (Fsp3) is 0.697. The largest absolute Gasteiger partial charge is 0.462 e. The molecule has 0 aliphatic carbocycles. The zero-order valence-corrected chi connectivity index (χ0v) is 53.7. The molecule has 0 aliphatic rings. The van der Waals surface area contributed by atoms with Crippen molar-refractivity contribution in [1.82, 2.24) is 0 Å². The molecule has 0 saturated heterocycles. The van der Waals surface area contributed by atoms with Crippen molar-refractivity contribution in [2.45, 2.75) is 329 Å². The summed E-state index contributed by atoms with van der Waals surface area (Å²) in [5.41, 5.74) is 0. The lowest BCUT2D eigenvalue weighted by molar-refractivity contribution is -0.166. The van der Waals surface area contributed by atoms with Crippen LogP contribution in [-0.2, 0) is 28.6 Å². The smallest absolute Gasteiger partial charge is 0.306 e. The Labute approximate surface area is 507 Å². The van der Waals surface area contributed by atoms with Crippen molar-refractivity contribution in [3.8, 4) is 0 Å². The Bertz CT molecular complexity index is 1690. The first-order chi connectivity index (χ1) is 40.5. The summed E-state index contributed by atoms with van der Waals surface area (Å²) in [5.74, 6) is -0.997. The maximum absolute atomic E-state index is 12.9. The first kappa shape index (κ1) is 77.8. The fourth-order valence-corrected chi connectivity index (χ4v) is 9.53. The van der Waals surface area contributed by atoms with Gasteiger partial charge in [0.2, 0.25) is 0 Å². The summed E-state index contributed by atoms with van der Waals surface area (Å²) in [7, 11) is 0. The average Bonchev–Trinajstić information content (AvgIpc) is 3.47. The number of ether oxygens (including phenoxy) is 3. The molecule has 6 heteroatoms. The van der Waals surface area contributed by atoms with Crippen molar-refractivity contribution in [2.75, 3.05) is 13.2 Å². The van der Waals surface area contributed by atoms with E-state index >= 15 is 0 Å². The molecule has 0 radical (unpaired) electrons. The van der Waals surface area contributed by atoms with E-state index in [1.54, 1.807) is 0 Å². The third-order valence-electron chi connectivity index (χ3n) is 14.7. The summed E-state index contributed by atoms with van der Waals surface area (Å²) < 4.78 is 16.9. The van der Waals surface area contributed by atoms with Crippen LogP contribution in [0.3, 0.4) is 0 Å². The number of hydrogen-bond acceptors (Lipinski definition) is 6. The van der Waals surface area contributed by atoms with Crippen LogP contribution < -0.4 is 0 Å². The van der Waals surface area contributed by atoms with Gasteiger partial charge in [-0.15, -0.1) is 0 Å². The van der Waals surface area contributed by atoms with E-state index in [-0.39, 0.29) is 31.6 Å². The van der Waals surface area contributed by atoms with Crippen LogP contribution in [-0.4, -0.2) is 37.2 Å². The molecule has 0 rings (SSSR count). The minimum atomic E-state index is -0.825. The first-order valence-electron chi connectivity index (χ1n) is 34.5. The summed E-state index contributed by atoms with van der Waals surface area (Å²) >= 11 is 0. The summed E-state index contributed by atoms with van der Waals surface area (Å²) in [5, 5.41) is 0. The van der Waals surface area contributed by atoms with Gasteiger partial charge in [-0.1, -0.05) is 303 Å². The number of hydrogen-bond donors (Lipinski definition) is 0. The summed E-state index contributed by atoms with van der Waals surface area (Å²) in [4.78, 5) is 38.3. The van der Waals surface area contributed by atoms with Gasteiger partial charge < -0.3 is 14.2 Å². The molecule has 0 aliphatic heterocycles. The van der Waals surface area contributed by atoms with Gasteiger partial charge in [0.1, 0.15) is 13.2 Å². The maximum atomic E-state index is 12.9. The van der Waals surface area contributed by atoms with Gasteiger partial charge in [-0.2, -0.15) is 0 Å². The second kappa shape index (κ2) is 69.3. The zero-order valence-electron chi connectivity index (χ0n) is 53.7. The molecule has 0 heterocycles. The van der Waals surface area contributed by atoms with E-state index in [1.807, 2.05) is 6.08 Å². The fourth-order valence-electron chi connectivity index (χ4n) is 9.53. The third kappa shape index (κ3) is 66.6. The molecule has 0 amide bonds. The van der Waals surface area contributed by atoms with Crippen LogP contribution in [0.4, 0.5) is 0 Å².